The van der Waals surface area contributed by atoms with Gasteiger partial charge in [-0.3, -0.25) is 0 Å². The molecule has 0 amide bonds. The zero-order chi connectivity index (χ0) is 85.1. The van der Waals surface area contributed by atoms with E-state index in [4.69, 9.17) is 0 Å². The van der Waals surface area contributed by atoms with E-state index in [9.17, 15) is 30.2 Å². The SMILES string of the molecule is [2H]c1c(-c2ccccc2)c([2H])c2c3c1-n1c4c(-c5ccccc5)cccc4c4ccccc4c4ccccc4c4c(-n5c6c([2H])c([2H])c([2H])c([2H])c6c6c([2H])c([2H])c([2H])c([2H])c65)c([2H])c([2H])c(c41)B3c1c([2H])c([2H])c(-n3c4c([2H])c([2H])c([2H])c([2H])c4c4c([2H])c([2H])c([2H])c([2H])c43)c3c4ccccc4c4ccccc4c4cccc(-c5ccccc5)c4n-2c13. The Morgan fingerprint density at radius 3 is 0.901 bits per heavy atom. The van der Waals surface area contributed by atoms with Crippen molar-refractivity contribution in [3.8, 4) is 56.1 Å². The molecule has 0 spiro atoms. The van der Waals surface area contributed by atoms with Crippen LogP contribution in [0, 0.1) is 0 Å². The Morgan fingerprint density at radius 2 is 0.525 bits per heavy atom. The summed E-state index contributed by atoms with van der Waals surface area (Å²) in [6, 6.07) is 55.3. The highest BCUT2D eigenvalue weighted by Crippen LogP contribution is 2.48. The predicted octanol–water partition coefficient (Wildman–Crippen LogP) is 23.1. The Morgan fingerprint density at radius 1 is 0.218 bits per heavy atom. The Balaban J connectivity index is 1.14. The Labute approximate surface area is 612 Å². The summed E-state index contributed by atoms with van der Waals surface area (Å²) in [6.45, 7) is -1.75. The second kappa shape index (κ2) is 21.6. The number of nitrogens with zero attached hydrogens (tertiary/aromatic N) is 4. The van der Waals surface area contributed by atoms with Gasteiger partial charge < -0.3 is 18.3 Å². The first kappa shape index (κ1) is 38.7. The first-order valence-electron chi connectivity index (χ1n) is 44.3. The lowest BCUT2D eigenvalue weighted by molar-refractivity contribution is 1.13. The highest BCUT2D eigenvalue weighted by Gasteiger charge is 2.42. The fourth-order valence-electron chi connectivity index (χ4n) is 16.5. The van der Waals surface area contributed by atoms with Crippen molar-refractivity contribution in [1.82, 2.24) is 18.3 Å². The molecule has 4 nitrogen and oxygen atoms in total. The molecule has 0 saturated heterocycles. The minimum absolute atomic E-state index is 0.0223. The Bertz CT molecular complexity index is 7910. The van der Waals surface area contributed by atoms with Crippen molar-refractivity contribution in [3.05, 3.63) is 357 Å². The molecule has 0 atom stereocenters. The highest BCUT2D eigenvalue weighted by molar-refractivity contribution is 7.00. The van der Waals surface area contributed by atoms with Gasteiger partial charge in [0, 0.05) is 65.6 Å². The van der Waals surface area contributed by atoms with Gasteiger partial charge in [-0.1, -0.05) is 309 Å². The number of hydrogen-bond acceptors (Lipinski definition) is 0. The van der Waals surface area contributed by atoms with E-state index in [-0.39, 0.29) is 122 Å². The topological polar surface area (TPSA) is 19.7 Å². The molecule has 2 aliphatic heterocycles. The average molecular weight is 1300 g/mol. The minimum atomic E-state index is -1.75. The van der Waals surface area contributed by atoms with Crippen LogP contribution in [0.5, 0.6) is 0 Å². The maximum Gasteiger partial charge on any atom is 0.252 e. The van der Waals surface area contributed by atoms with Crippen molar-refractivity contribution >= 4 is 153 Å². The second-order valence-corrected chi connectivity index (χ2v) is 25.6. The van der Waals surface area contributed by atoms with Gasteiger partial charge in [0.15, 0.2) is 0 Å². The summed E-state index contributed by atoms with van der Waals surface area (Å²) in [5.74, 6) is 0. The summed E-state index contributed by atoms with van der Waals surface area (Å²) in [5.41, 5.74) is 1.59. The highest BCUT2D eigenvalue weighted by atomic mass is 15.1. The van der Waals surface area contributed by atoms with E-state index in [2.05, 4.69) is 0 Å². The van der Waals surface area contributed by atoms with Crippen LogP contribution in [0.3, 0.4) is 0 Å². The molecule has 0 N–H and O–H groups in total. The van der Waals surface area contributed by atoms with E-state index in [1.54, 1.807) is 36.4 Å². The molecule has 4 aromatic heterocycles. The number of benzene rings is 16. The van der Waals surface area contributed by atoms with Crippen LogP contribution in [0.25, 0.3) is 186 Å². The van der Waals surface area contributed by atoms with E-state index >= 15 is 0 Å². The summed E-state index contributed by atoms with van der Waals surface area (Å²) < 4.78 is 233. The molecule has 466 valence electrons. The molecule has 0 fully saturated rings. The van der Waals surface area contributed by atoms with Gasteiger partial charge in [-0.15, -0.1) is 0 Å². The minimum Gasteiger partial charge on any atom is -0.309 e. The van der Waals surface area contributed by atoms with Gasteiger partial charge in [-0.25, -0.2) is 0 Å². The summed E-state index contributed by atoms with van der Waals surface area (Å²) in [5, 5.41) is 4.01. The zero-order valence-corrected chi connectivity index (χ0v) is 53.2. The molecule has 16 aromatic carbocycles. The van der Waals surface area contributed by atoms with Crippen LogP contribution >= 0.6 is 0 Å². The van der Waals surface area contributed by atoms with Crippen molar-refractivity contribution < 1.29 is 30.2 Å². The number of para-hydroxylation sites is 6. The maximum absolute atomic E-state index is 11.9. The third-order valence-corrected chi connectivity index (χ3v) is 20.5. The van der Waals surface area contributed by atoms with Crippen LogP contribution in [0.1, 0.15) is 30.2 Å². The van der Waals surface area contributed by atoms with Crippen LogP contribution in [0.15, 0.2) is 357 Å². The smallest absolute Gasteiger partial charge is 0.252 e. The fourth-order valence-corrected chi connectivity index (χ4v) is 16.5. The lowest BCUT2D eigenvalue weighted by atomic mass is 9.34. The van der Waals surface area contributed by atoms with Gasteiger partial charge in [-0.2, -0.15) is 0 Å². The standard InChI is InChI=1S/C96H59BN4/c1-4-28-60(29-5-1)63-58-88-92-89(59-63)101-94-65(62-32-8-3-9-33-62)47-27-49-79(94)71-39-13-11-35-67(71)69-37-15-17-45-77(69)91-87(99-84-52-24-20-42-74(84)75-43-21-25-53-85(75)99)57-55-81(96(91)101)97(92)80-54-56-86(98-82-50-22-18-40-72(82)73-41-19-23-51-83(73)98)90-76-44-16-14-36-68(76)66-34-10-12-38-70(66)78-48-26-46-64(61-30-6-2-7-31-61)93(78)100(88)95(80)90/h1-59H/i18D,19D,20D,21D,22D,23D,24D,25D,40D,41D,42D,43D,50D,51D,52D,53D,54D,55D,56D,57D,58D,59D. The number of aromatic nitrogens is 4. The van der Waals surface area contributed by atoms with E-state index in [1.807, 2.05) is 197 Å². The van der Waals surface area contributed by atoms with Gasteiger partial charge in [0.2, 0.25) is 0 Å². The first-order valence-corrected chi connectivity index (χ1v) is 33.3. The van der Waals surface area contributed by atoms with Gasteiger partial charge in [0.1, 0.15) is 0 Å². The molecule has 0 aliphatic carbocycles. The van der Waals surface area contributed by atoms with Crippen molar-refractivity contribution in [2.45, 2.75) is 0 Å². The monoisotopic (exact) mass is 1300 g/mol. The maximum atomic E-state index is 11.9. The summed E-state index contributed by atoms with van der Waals surface area (Å²) >= 11 is 0. The molecule has 22 rings (SSSR count). The van der Waals surface area contributed by atoms with Crippen LogP contribution in [-0.2, 0) is 0 Å². The third-order valence-electron chi connectivity index (χ3n) is 20.5. The van der Waals surface area contributed by atoms with Crippen LogP contribution < -0.4 is 16.4 Å². The molecular weight excluding hydrogens is 1220 g/mol. The number of hydrogen-bond donors (Lipinski definition) is 0. The molecule has 0 unspecified atom stereocenters. The molecule has 101 heavy (non-hydrogen) atoms. The Hall–Kier alpha value is -13.2. The second-order valence-electron chi connectivity index (χ2n) is 25.6. The normalized spacial score (nSPS) is 15.4. The summed E-state index contributed by atoms with van der Waals surface area (Å²) in [7, 11) is 0. The third kappa shape index (κ3) is 7.91. The van der Waals surface area contributed by atoms with E-state index in [1.165, 1.54) is 9.13 Å². The molecule has 0 radical (unpaired) electrons. The van der Waals surface area contributed by atoms with Gasteiger partial charge in [0.05, 0.1) is 85.7 Å². The first-order chi connectivity index (χ1) is 59.4. The van der Waals surface area contributed by atoms with E-state index in [0.29, 0.717) is 92.7 Å². The Kier molecular flexibility index (Phi) is 8.28. The molecule has 2 aliphatic rings. The van der Waals surface area contributed by atoms with Gasteiger partial charge in [-0.05, 0) is 130 Å². The van der Waals surface area contributed by atoms with Crippen LogP contribution in [-0.4, -0.2) is 25.0 Å². The lowest BCUT2D eigenvalue weighted by Gasteiger charge is -2.37. The van der Waals surface area contributed by atoms with Crippen molar-refractivity contribution in [3.63, 3.8) is 0 Å². The molecular formula is C96H59BN4. The fraction of sp³-hybridized carbons (Fsp3) is 0. The summed E-state index contributed by atoms with van der Waals surface area (Å²) in [6.07, 6.45) is 0. The predicted molar refractivity (Wildman–Crippen MR) is 430 cm³/mol. The van der Waals surface area contributed by atoms with Gasteiger partial charge >= 0.3 is 0 Å². The van der Waals surface area contributed by atoms with Crippen LogP contribution in [0.2, 0.25) is 0 Å². The van der Waals surface area contributed by atoms with E-state index in [0.717, 1.165) is 0 Å². The number of rotatable bonds is 5. The number of fused-ring (bicyclic) bond motifs is 24. The molecule has 6 heterocycles. The van der Waals surface area contributed by atoms with Gasteiger partial charge in [0.25, 0.3) is 6.71 Å². The molecule has 20 aromatic rings. The van der Waals surface area contributed by atoms with Crippen molar-refractivity contribution in [2.75, 3.05) is 0 Å². The van der Waals surface area contributed by atoms with Crippen LogP contribution in [0.4, 0.5) is 0 Å². The molecule has 0 saturated carbocycles. The largest absolute Gasteiger partial charge is 0.309 e. The quantitative estimate of drug-likeness (QED) is 0.153. The zero-order valence-electron chi connectivity index (χ0n) is 75.2. The summed E-state index contributed by atoms with van der Waals surface area (Å²) in [4.78, 5) is 0. The van der Waals surface area contributed by atoms with E-state index < -0.39 is 128 Å². The molecule has 0 bridgehead atoms. The lowest BCUT2D eigenvalue weighted by Crippen LogP contribution is -2.60. The van der Waals surface area contributed by atoms with Crippen molar-refractivity contribution in [2.24, 2.45) is 0 Å². The average Bonchev–Trinajstić information content (AvgIpc) is 1.62. The molecule has 5 heteroatoms. The van der Waals surface area contributed by atoms with Crippen molar-refractivity contribution in [1.29, 1.82) is 0 Å².